The average molecular weight is 287 g/mol. The summed E-state index contributed by atoms with van der Waals surface area (Å²) < 4.78 is 5.39. The molecule has 114 valence electrons. The highest BCUT2D eigenvalue weighted by Gasteiger charge is 2.49. The van der Waals surface area contributed by atoms with Gasteiger partial charge in [-0.05, 0) is 45.7 Å². The van der Waals surface area contributed by atoms with Crippen LogP contribution < -0.4 is 0 Å². The Hall–Kier alpha value is -1.35. The van der Waals surface area contributed by atoms with Crippen LogP contribution in [-0.2, 0) is 9.53 Å². The van der Waals surface area contributed by atoms with E-state index in [1.807, 2.05) is 6.92 Å². The Labute approximate surface area is 127 Å². The van der Waals surface area contributed by atoms with Gasteiger partial charge in [-0.25, -0.2) is 0 Å². The van der Waals surface area contributed by atoms with Crippen LogP contribution in [-0.4, -0.2) is 36.6 Å². The van der Waals surface area contributed by atoms with Crippen molar-refractivity contribution >= 4 is 5.97 Å². The third-order valence-electron chi connectivity index (χ3n) is 5.33. The maximum Gasteiger partial charge on any atom is 0.311 e. The molecule has 0 N–H and O–H groups in total. The van der Waals surface area contributed by atoms with E-state index in [2.05, 4.69) is 43.1 Å². The van der Waals surface area contributed by atoms with Crippen LogP contribution >= 0.6 is 0 Å². The Bertz CT molecular complexity index is 510. The molecule has 0 aliphatic carbocycles. The lowest BCUT2D eigenvalue weighted by Crippen LogP contribution is -2.49. The molecule has 3 rings (SSSR count). The van der Waals surface area contributed by atoms with Crippen molar-refractivity contribution in [1.82, 2.24) is 4.90 Å². The van der Waals surface area contributed by atoms with Crippen molar-refractivity contribution in [2.45, 2.75) is 51.1 Å². The monoisotopic (exact) mass is 287 g/mol. The summed E-state index contributed by atoms with van der Waals surface area (Å²) in [6, 6.07) is 9.64. The molecule has 2 fully saturated rings. The van der Waals surface area contributed by atoms with E-state index < -0.39 is 0 Å². The molecule has 0 spiro atoms. The Morgan fingerprint density at radius 3 is 2.67 bits per heavy atom. The van der Waals surface area contributed by atoms with E-state index in [0.717, 1.165) is 12.8 Å². The lowest BCUT2D eigenvalue weighted by atomic mass is 9.76. The fourth-order valence-electron chi connectivity index (χ4n) is 4.18. The number of hydrogen-bond donors (Lipinski definition) is 0. The summed E-state index contributed by atoms with van der Waals surface area (Å²) in [5.41, 5.74) is 2.56. The summed E-state index contributed by atoms with van der Waals surface area (Å²) >= 11 is 0. The first-order chi connectivity index (χ1) is 10.1. The maximum absolute atomic E-state index is 12.5. The van der Waals surface area contributed by atoms with Crippen LogP contribution in [0, 0.1) is 12.8 Å². The molecule has 4 unspecified atom stereocenters. The van der Waals surface area contributed by atoms with Crippen molar-refractivity contribution in [2.24, 2.45) is 5.92 Å². The Morgan fingerprint density at radius 2 is 2.00 bits per heavy atom. The van der Waals surface area contributed by atoms with Crippen molar-refractivity contribution in [2.75, 3.05) is 13.7 Å². The molecule has 3 heteroatoms. The van der Waals surface area contributed by atoms with E-state index in [9.17, 15) is 4.79 Å². The van der Waals surface area contributed by atoms with E-state index in [-0.39, 0.29) is 11.9 Å². The first-order valence-corrected chi connectivity index (χ1v) is 8.07. The zero-order valence-electron chi connectivity index (χ0n) is 13.2. The highest BCUT2D eigenvalue weighted by atomic mass is 16.5. The lowest BCUT2D eigenvalue weighted by Gasteiger charge is -2.41. The summed E-state index contributed by atoms with van der Waals surface area (Å²) in [5, 5.41) is 0. The van der Waals surface area contributed by atoms with E-state index in [4.69, 9.17) is 4.74 Å². The normalized spacial score (nSPS) is 32.1. The second kappa shape index (κ2) is 5.80. The number of piperidine rings is 1. The van der Waals surface area contributed by atoms with E-state index in [1.54, 1.807) is 0 Å². The molecule has 2 bridgehead atoms. The number of rotatable bonds is 3. The Morgan fingerprint density at radius 1 is 1.29 bits per heavy atom. The summed E-state index contributed by atoms with van der Waals surface area (Å²) in [4.78, 5) is 14.9. The molecule has 2 aliphatic heterocycles. The standard InChI is InChI=1S/C18H25NO2/c1-4-21-18(20)17-15(13-7-5-12(2)6-8-13)11-14-9-10-16(17)19(14)3/h5-8,14-17H,4,9-11H2,1-3H3. The first kappa shape index (κ1) is 14.6. The predicted molar refractivity (Wildman–Crippen MR) is 83.2 cm³/mol. The summed E-state index contributed by atoms with van der Waals surface area (Å²) in [7, 11) is 2.17. The molecular formula is C18H25NO2. The zero-order valence-corrected chi connectivity index (χ0v) is 13.2. The van der Waals surface area contributed by atoms with Crippen molar-refractivity contribution < 1.29 is 9.53 Å². The average Bonchev–Trinajstić information content (AvgIpc) is 2.72. The predicted octanol–water partition coefficient (Wildman–Crippen LogP) is 3.12. The van der Waals surface area contributed by atoms with Crippen LogP contribution in [0.1, 0.15) is 43.2 Å². The fourth-order valence-corrected chi connectivity index (χ4v) is 4.18. The largest absolute Gasteiger partial charge is 0.466 e. The van der Waals surface area contributed by atoms with Crippen molar-refractivity contribution in [3.8, 4) is 0 Å². The van der Waals surface area contributed by atoms with E-state index in [0.29, 0.717) is 24.6 Å². The number of fused-ring (bicyclic) bond motifs is 2. The number of hydrogen-bond acceptors (Lipinski definition) is 3. The molecule has 4 atom stereocenters. The van der Waals surface area contributed by atoms with Gasteiger partial charge in [0.1, 0.15) is 0 Å². The molecule has 2 aliphatic rings. The van der Waals surface area contributed by atoms with Gasteiger partial charge in [0.25, 0.3) is 0 Å². The van der Waals surface area contributed by atoms with Gasteiger partial charge < -0.3 is 4.74 Å². The van der Waals surface area contributed by atoms with Gasteiger partial charge in [-0.2, -0.15) is 0 Å². The van der Waals surface area contributed by atoms with Gasteiger partial charge in [-0.3, -0.25) is 9.69 Å². The quantitative estimate of drug-likeness (QED) is 0.800. The van der Waals surface area contributed by atoms with Crippen LogP contribution in [0.3, 0.4) is 0 Å². The van der Waals surface area contributed by atoms with E-state index >= 15 is 0 Å². The molecule has 3 nitrogen and oxygen atoms in total. The Kier molecular flexibility index (Phi) is 4.03. The number of benzene rings is 1. The number of nitrogens with zero attached hydrogens (tertiary/aromatic N) is 1. The van der Waals surface area contributed by atoms with Gasteiger partial charge in [0, 0.05) is 18.0 Å². The molecule has 0 aromatic heterocycles. The third kappa shape index (κ3) is 2.59. The number of ether oxygens (including phenoxy) is 1. The molecule has 2 heterocycles. The number of esters is 1. The summed E-state index contributed by atoms with van der Waals surface area (Å²) in [6.07, 6.45) is 3.39. The molecule has 1 aromatic rings. The van der Waals surface area contributed by atoms with Gasteiger partial charge in [-0.1, -0.05) is 29.8 Å². The van der Waals surface area contributed by atoms with E-state index in [1.165, 1.54) is 17.5 Å². The second-order valence-electron chi connectivity index (χ2n) is 6.49. The zero-order chi connectivity index (χ0) is 15.0. The smallest absolute Gasteiger partial charge is 0.311 e. The first-order valence-electron chi connectivity index (χ1n) is 8.07. The van der Waals surface area contributed by atoms with Crippen LogP contribution in [0.2, 0.25) is 0 Å². The van der Waals surface area contributed by atoms with Crippen molar-refractivity contribution in [3.05, 3.63) is 35.4 Å². The van der Waals surface area contributed by atoms with Crippen LogP contribution in [0.15, 0.2) is 24.3 Å². The molecule has 1 aromatic carbocycles. The highest BCUT2D eigenvalue weighted by molar-refractivity contribution is 5.75. The van der Waals surface area contributed by atoms with Gasteiger partial charge in [-0.15, -0.1) is 0 Å². The minimum absolute atomic E-state index is 0.0136. The fraction of sp³-hybridized carbons (Fsp3) is 0.611. The number of carbonyl (C=O) groups is 1. The van der Waals surface area contributed by atoms with Gasteiger partial charge >= 0.3 is 5.97 Å². The number of carbonyl (C=O) groups excluding carboxylic acids is 1. The SMILES string of the molecule is CCOC(=O)C1C(c2ccc(C)cc2)CC2CCC1N2C. The van der Waals surface area contributed by atoms with Crippen LogP contribution in [0.25, 0.3) is 0 Å². The molecular weight excluding hydrogens is 262 g/mol. The van der Waals surface area contributed by atoms with Gasteiger partial charge in [0.05, 0.1) is 12.5 Å². The minimum atomic E-state index is -0.0172. The molecule has 21 heavy (non-hydrogen) atoms. The Balaban J connectivity index is 1.92. The van der Waals surface area contributed by atoms with Crippen LogP contribution in [0.4, 0.5) is 0 Å². The molecule has 0 amide bonds. The highest BCUT2D eigenvalue weighted by Crippen LogP contribution is 2.46. The summed E-state index contributed by atoms with van der Waals surface area (Å²) in [5.74, 6) is 0.273. The maximum atomic E-state index is 12.5. The van der Waals surface area contributed by atoms with Crippen molar-refractivity contribution in [3.63, 3.8) is 0 Å². The molecule has 0 saturated carbocycles. The van der Waals surface area contributed by atoms with Gasteiger partial charge in [0.15, 0.2) is 0 Å². The second-order valence-corrected chi connectivity index (χ2v) is 6.49. The molecule has 0 radical (unpaired) electrons. The topological polar surface area (TPSA) is 29.5 Å². The van der Waals surface area contributed by atoms with Crippen molar-refractivity contribution in [1.29, 1.82) is 0 Å². The third-order valence-corrected chi connectivity index (χ3v) is 5.33. The van der Waals surface area contributed by atoms with Crippen LogP contribution in [0.5, 0.6) is 0 Å². The number of aryl methyl sites for hydroxylation is 1. The summed E-state index contributed by atoms with van der Waals surface area (Å²) in [6.45, 7) is 4.46. The van der Waals surface area contributed by atoms with Gasteiger partial charge in [0.2, 0.25) is 0 Å². The molecule has 2 saturated heterocycles. The lowest BCUT2D eigenvalue weighted by molar-refractivity contribution is -0.152. The minimum Gasteiger partial charge on any atom is -0.466 e.